The third-order valence-corrected chi connectivity index (χ3v) is 7.22. The van der Waals surface area contributed by atoms with E-state index in [9.17, 15) is 5.11 Å². The molecule has 0 spiro atoms. The summed E-state index contributed by atoms with van der Waals surface area (Å²) in [6.45, 7) is 13.6. The van der Waals surface area contributed by atoms with E-state index in [4.69, 9.17) is 4.42 Å². The maximum atomic E-state index is 10.5. The lowest BCUT2D eigenvalue weighted by Crippen LogP contribution is -2.54. The number of aliphatic hydroxyl groups excluding tert-OH is 1. The molecule has 23 heavy (non-hydrogen) atoms. The third-order valence-electron chi connectivity index (χ3n) is 7.22. The molecule has 1 heterocycles. The van der Waals surface area contributed by atoms with Gasteiger partial charge in [-0.3, -0.25) is 0 Å². The molecule has 2 aliphatic rings. The largest absolute Gasteiger partial charge is 0.472 e. The summed E-state index contributed by atoms with van der Waals surface area (Å²) in [6, 6.07) is 0. The minimum atomic E-state index is -0.163. The summed E-state index contributed by atoms with van der Waals surface area (Å²) in [6.07, 6.45) is 10.1. The Kier molecular flexibility index (Phi) is 4.25. The van der Waals surface area contributed by atoms with Gasteiger partial charge in [-0.1, -0.05) is 32.9 Å². The van der Waals surface area contributed by atoms with Gasteiger partial charge in [0.2, 0.25) is 0 Å². The molecule has 0 aromatic carbocycles. The summed E-state index contributed by atoms with van der Waals surface area (Å²) in [5, 5.41) is 10.5. The highest BCUT2D eigenvalue weighted by atomic mass is 16.3. The predicted molar refractivity (Wildman–Crippen MR) is 94.2 cm³/mol. The molecule has 0 saturated heterocycles. The van der Waals surface area contributed by atoms with Gasteiger partial charge in [0.15, 0.2) is 0 Å². The van der Waals surface area contributed by atoms with Crippen LogP contribution in [0.2, 0.25) is 0 Å². The fourth-order valence-electron chi connectivity index (χ4n) is 5.64. The average molecular weight is 316 g/mol. The van der Waals surface area contributed by atoms with E-state index in [1.54, 1.807) is 0 Å². The van der Waals surface area contributed by atoms with Crippen molar-refractivity contribution in [2.24, 2.45) is 22.7 Å². The third kappa shape index (κ3) is 2.69. The molecule has 1 N–H and O–H groups in total. The highest BCUT2D eigenvalue weighted by molar-refractivity contribution is 5.21. The zero-order valence-corrected chi connectivity index (χ0v) is 15.2. The minimum absolute atomic E-state index is 0.0114. The van der Waals surface area contributed by atoms with Crippen LogP contribution in [0, 0.1) is 29.6 Å². The average Bonchev–Trinajstić information content (AvgIpc) is 2.88. The lowest BCUT2D eigenvalue weighted by Gasteiger charge is -2.59. The van der Waals surface area contributed by atoms with Crippen LogP contribution in [0.4, 0.5) is 0 Å². The van der Waals surface area contributed by atoms with Crippen LogP contribution < -0.4 is 0 Å². The highest BCUT2D eigenvalue weighted by Gasteiger charge is 2.55. The van der Waals surface area contributed by atoms with Gasteiger partial charge in [0.05, 0.1) is 18.6 Å². The molecular weight excluding hydrogens is 284 g/mol. The maximum Gasteiger partial charge on any atom is 0.0937 e. The summed E-state index contributed by atoms with van der Waals surface area (Å²) >= 11 is 0. The standard InChI is InChI=1S/C21H32O2/c1-14-6-9-18-20(3,4)19(22)10-11-21(18,5)17(14)8-7-16-13-23-12-15(16)2/h12-13,17-19,22H,1,6-11H2,2-5H3/t17-,18-,19-,21+/m1/s1. The van der Waals surface area contributed by atoms with Gasteiger partial charge in [0.25, 0.3) is 0 Å². The first-order valence-corrected chi connectivity index (χ1v) is 9.14. The number of hydrogen-bond acceptors (Lipinski definition) is 2. The van der Waals surface area contributed by atoms with Gasteiger partial charge in [-0.25, -0.2) is 0 Å². The van der Waals surface area contributed by atoms with Gasteiger partial charge >= 0.3 is 0 Å². The van der Waals surface area contributed by atoms with Gasteiger partial charge < -0.3 is 9.52 Å². The first-order valence-electron chi connectivity index (χ1n) is 9.14. The zero-order valence-electron chi connectivity index (χ0n) is 15.2. The van der Waals surface area contributed by atoms with E-state index in [2.05, 4.69) is 34.3 Å². The van der Waals surface area contributed by atoms with Crippen molar-refractivity contribution in [1.29, 1.82) is 0 Å². The van der Waals surface area contributed by atoms with Crippen molar-refractivity contribution in [3.05, 3.63) is 35.8 Å². The number of rotatable bonds is 3. The molecule has 0 amide bonds. The Morgan fingerprint density at radius 2 is 2.00 bits per heavy atom. The Morgan fingerprint density at radius 1 is 1.26 bits per heavy atom. The monoisotopic (exact) mass is 316 g/mol. The van der Waals surface area contributed by atoms with Gasteiger partial charge in [-0.2, -0.15) is 0 Å². The number of aliphatic hydroxyl groups is 1. The molecule has 0 radical (unpaired) electrons. The Labute approximate surface area is 141 Å². The molecule has 0 aliphatic heterocycles. The van der Waals surface area contributed by atoms with Crippen LogP contribution >= 0.6 is 0 Å². The topological polar surface area (TPSA) is 33.4 Å². The molecule has 4 atom stereocenters. The number of furan rings is 1. The second-order valence-electron chi connectivity index (χ2n) is 8.80. The lowest BCUT2D eigenvalue weighted by molar-refractivity contribution is -0.124. The van der Waals surface area contributed by atoms with E-state index in [1.807, 2.05) is 12.5 Å². The van der Waals surface area contributed by atoms with E-state index in [0.29, 0.717) is 11.8 Å². The van der Waals surface area contributed by atoms with Crippen LogP contribution in [0.25, 0.3) is 0 Å². The van der Waals surface area contributed by atoms with Gasteiger partial charge in [-0.05, 0) is 79.2 Å². The van der Waals surface area contributed by atoms with Crippen molar-refractivity contribution in [1.82, 2.24) is 0 Å². The Hall–Kier alpha value is -1.02. The highest BCUT2D eigenvalue weighted by Crippen LogP contribution is 2.61. The molecule has 2 fully saturated rings. The molecule has 0 bridgehead atoms. The summed E-state index contributed by atoms with van der Waals surface area (Å²) < 4.78 is 5.34. The molecule has 0 unspecified atom stereocenters. The van der Waals surface area contributed by atoms with Gasteiger partial charge in [0, 0.05) is 0 Å². The smallest absolute Gasteiger partial charge is 0.0937 e. The minimum Gasteiger partial charge on any atom is -0.472 e. The first-order chi connectivity index (χ1) is 10.8. The molecule has 2 nitrogen and oxygen atoms in total. The summed E-state index contributed by atoms with van der Waals surface area (Å²) in [5.41, 5.74) is 4.30. The van der Waals surface area contributed by atoms with Crippen LogP contribution in [0.15, 0.2) is 29.1 Å². The van der Waals surface area contributed by atoms with Crippen molar-refractivity contribution in [2.75, 3.05) is 0 Å². The van der Waals surface area contributed by atoms with Crippen LogP contribution in [0.3, 0.4) is 0 Å². The lowest BCUT2D eigenvalue weighted by atomic mass is 9.46. The van der Waals surface area contributed by atoms with E-state index in [0.717, 1.165) is 32.1 Å². The van der Waals surface area contributed by atoms with Crippen molar-refractivity contribution >= 4 is 0 Å². The van der Waals surface area contributed by atoms with E-state index < -0.39 is 0 Å². The predicted octanol–water partition coefficient (Wildman–Crippen LogP) is 5.29. The molecule has 1 aromatic rings. The van der Waals surface area contributed by atoms with Crippen molar-refractivity contribution in [3.8, 4) is 0 Å². The number of allylic oxidation sites excluding steroid dienone is 1. The number of aryl methyl sites for hydroxylation is 2. The van der Waals surface area contributed by atoms with Gasteiger partial charge in [0.1, 0.15) is 0 Å². The zero-order chi connectivity index (χ0) is 16.8. The number of hydrogen-bond donors (Lipinski definition) is 1. The molecule has 128 valence electrons. The first kappa shape index (κ1) is 16.8. The molecule has 2 saturated carbocycles. The normalized spacial score (nSPS) is 36.7. The Bertz CT molecular complexity index is 582. The summed E-state index contributed by atoms with van der Waals surface area (Å²) in [5.74, 6) is 1.14. The molecular formula is C21H32O2. The van der Waals surface area contributed by atoms with Crippen LogP contribution in [-0.4, -0.2) is 11.2 Å². The van der Waals surface area contributed by atoms with Gasteiger partial charge in [-0.15, -0.1) is 0 Å². The SMILES string of the molecule is C=C1CC[C@@H]2C(C)(C)[C@H](O)CC[C@@]2(C)[C@@H]1CCc1cocc1C. The fraction of sp³-hybridized carbons (Fsp3) is 0.714. The molecule has 1 aromatic heterocycles. The quantitative estimate of drug-likeness (QED) is 0.769. The summed E-state index contributed by atoms with van der Waals surface area (Å²) in [7, 11) is 0. The molecule has 2 aliphatic carbocycles. The molecule has 2 heteroatoms. The van der Waals surface area contributed by atoms with Crippen LogP contribution in [0.1, 0.15) is 64.0 Å². The number of fused-ring (bicyclic) bond motifs is 1. The summed E-state index contributed by atoms with van der Waals surface area (Å²) in [4.78, 5) is 0. The van der Waals surface area contributed by atoms with E-state index in [1.165, 1.54) is 23.1 Å². The van der Waals surface area contributed by atoms with Crippen LogP contribution in [-0.2, 0) is 6.42 Å². The fourth-order valence-corrected chi connectivity index (χ4v) is 5.64. The van der Waals surface area contributed by atoms with E-state index >= 15 is 0 Å². The molecule has 3 rings (SSSR count). The van der Waals surface area contributed by atoms with Crippen LogP contribution in [0.5, 0.6) is 0 Å². The second-order valence-corrected chi connectivity index (χ2v) is 8.80. The van der Waals surface area contributed by atoms with Crippen molar-refractivity contribution in [3.63, 3.8) is 0 Å². The Balaban J connectivity index is 1.83. The Morgan fingerprint density at radius 3 is 2.65 bits per heavy atom. The maximum absolute atomic E-state index is 10.5. The van der Waals surface area contributed by atoms with E-state index in [-0.39, 0.29) is 16.9 Å². The van der Waals surface area contributed by atoms with Crippen molar-refractivity contribution < 1.29 is 9.52 Å². The van der Waals surface area contributed by atoms with Crippen molar-refractivity contribution in [2.45, 2.75) is 72.3 Å². The second kappa shape index (κ2) is 5.81.